The quantitative estimate of drug-likeness (QED) is 0.853. The molecule has 96 valence electrons. The molecular weight excluding hydrogens is 234 g/mol. The third-order valence-electron chi connectivity index (χ3n) is 2.17. The number of carbonyl (C=O) groups excluding carboxylic acids is 1. The minimum absolute atomic E-state index is 0.0106. The summed E-state index contributed by atoms with van der Waals surface area (Å²) in [7, 11) is 0. The number of aromatic nitrogens is 1. The van der Waals surface area contributed by atoms with Crippen LogP contribution in [-0.2, 0) is 0 Å². The standard InChI is InChI=1S/C12H21N3OS/c1-7-10(17-9(3)13-7)8(2)14-11(16)15-12(4,5)6/h8H,1-6H3,(H2,14,15,16). The van der Waals surface area contributed by atoms with Crippen molar-refractivity contribution in [2.45, 2.75) is 53.1 Å². The molecule has 1 aromatic rings. The summed E-state index contributed by atoms with van der Waals surface area (Å²) in [5.41, 5.74) is 0.777. The van der Waals surface area contributed by atoms with Gasteiger partial charge in [0.05, 0.1) is 16.7 Å². The second-order valence-electron chi connectivity index (χ2n) is 5.25. The lowest BCUT2D eigenvalue weighted by Gasteiger charge is -2.22. The molecule has 2 N–H and O–H groups in total. The summed E-state index contributed by atoms with van der Waals surface area (Å²) >= 11 is 1.63. The monoisotopic (exact) mass is 255 g/mol. The van der Waals surface area contributed by atoms with E-state index in [4.69, 9.17) is 0 Å². The number of nitrogens with one attached hydrogen (secondary N) is 2. The first-order valence-corrected chi connectivity index (χ1v) is 6.53. The Hall–Kier alpha value is -1.10. The van der Waals surface area contributed by atoms with Crippen LogP contribution in [0.3, 0.4) is 0 Å². The van der Waals surface area contributed by atoms with Crippen LogP contribution >= 0.6 is 11.3 Å². The normalized spacial score (nSPS) is 13.3. The Labute approximate surface area is 107 Å². The maximum atomic E-state index is 11.7. The van der Waals surface area contributed by atoms with Crippen LogP contribution in [0.25, 0.3) is 0 Å². The van der Waals surface area contributed by atoms with Crippen LogP contribution in [0.2, 0.25) is 0 Å². The van der Waals surface area contributed by atoms with E-state index in [2.05, 4.69) is 15.6 Å². The van der Waals surface area contributed by atoms with Gasteiger partial charge in [-0.25, -0.2) is 9.78 Å². The van der Waals surface area contributed by atoms with E-state index in [1.165, 1.54) is 0 Å². The molecule has 2 amide bonds. The zero-order valence-corrected chi connectivity index (χ0v) is 12.2. The number of rotatable bonds is 2. The van der Waals surface area contributed by atoms with E-state index < -0.39 is 0 Å². The maximum Gasteiger partial charge on any atom is 0.315 e. The lowest BCUT2D eigenvalue weighted by Crippen LogP contribution is -2.47. The zero-order valence-electron chi connectivity index (χ0n) is 11.3. The summed E-state index contributed by atoms with van der Waals surface area (Å²) in [6, 6.07) is -0.154. The van der Waals surface area contributed by atoms with E-state index in [1.54, 1.807) is 11.3 Å². The van der Waals surface area contributed by atoms with Crippen molar-refractivity contribution in [3.8, 4) is 0 Å². The van der Waals surface area contributed by atoms with Gasteiger partial charge in [-0.05, 0) is 41.5 Å². The second kappa shape index (κ2) is 5.04. The molecule has 1 aromatic heterocycles. The van der Waals surface area contributed by atoms with Crippen LogP contribution in [0.1, 0.15) is 49.3 Å². The fourth-order valence-electron chi connectivity index (χ4n) is 1.59. The topological polar surface area (TPSA) is 54.0 Å². The molecule has 0 spiro atoms. The van der Waals surface area contributed by atoms with Gasteiger partial charge in [0, 0.05) is 10.4 Å². The summed E-state index contributed by atoms with van der Waals surface area (Å²) < 4.78 is 0. The number of nitrogens with zero attached hydrogens (tertiary/aromatic N) is 1. The first kappa shape index (κ1) is 14.0. The molecule has 0 saturated carbocycles. The van der Waals surface area contributed by atoms with Crippen LogP contribution < -0.4 is 10.6 Å². The molecule has 0 aliphatic rings. The van der Waals surface area contributed by atoms with Gasteiger partial charge in [-0.3, -0.25) is 0 Å². The lowest BCUT2D eigenvalue weighted by molar-refractivity contribution is 0.229. The van der Waals surface area contributed by atoms with Gasteiger partial charge in [-0.15, -0.1) is 11.3 Å². The molecule has 17 heavy (non-hydrogen) atoms. The first-order valence-electron chi connectivity index (χ1n) is 5.71. The van der Waals surface area contributed by atoms with Crippen LogP contribution in [0, 0.1) is 13.8 Å². The molecule has 1 heterocycles. The average molecular weight is 255 g/mol. The van der Waals surface area contributed by atoms with E-state index in [9.17, 15) is 4.79 Å². The van der Waals surface area contributed by atoms with Gasteiger partial charge in [0.25, 0.3) is 0 Å². The summed E-state index contributed by atoms with van der Waals surface area (Å²) in [4.78, 5) is 17.2. The number of hydrogen-bond acceptors (Lipinski definition) is 3. The van der Waals surface area contributed by atoms with E-state index in [0.717, 1.165) is 15.6 Å². The third kappa shape index (κ3) is 4.34. The Morgan fingerprint density at radius 3 is 2.35 bits per heavy atom. The van der Waals surface area contributed by atoms with Crippen molar-refractivity contribution >= 4 is 17.4 Å². The molecule has 1 unspecified atom stereocenters. The summed E-state index contributed by atoms with van der Waals surface area (Å²) in [6.07, 6.45) is 0. The van der Waals surface area contributed by atoms with Crippen LogP contribution in [0.5, 0.6) is 0 Å². The van der Waals surface area contributed by atoms with Crippen LogP contribution in [-0.4, -0.2) is 16.6 Å². The molecule has 0 aliphatic carbocycles. The molecule has 0 radical (unpaired) electrons. The summed E-state index contributed by atoms with van der Waals surface area (Å²) in [5, 5.41) is 6.84. The van der Waals surface area contributed by atoms with Gasteiger partial charge < -0.3 is 10.6 Å². The van der Waals surface area contributed by atoms with E-state index in [-0.39, 0.29) is 17.6 Å². The van der Waals surface area contributed by atoms with Gasteiger partial charge in [-0.1, -0.05) is 0 Å². The predicted molar refractivity (Wildman–Crippen MR) is 71.4 cm³/mol. The highest BCUT2D eigenvalue weighted by Gasteiger charge is 2.18. The Balaban J connectivity index is 2.64. The van der Waals surface area contributed by atoms with Gasteiger partial charge in [-0.2, -0.15) is 0 Å². The van der Waals surface area contributed by atoms with Gasteiger partial charge in [0.15, 0.2) is 0 Å². The molecular formula is C12H21N3OS. The number of amides is 2. The molecule has 5 heteroatoms. The Morgan fingerprint density at radius 1 is 1.35 bits per heavy atom. The van der Waals surface area contributed by atoms with Gasteiger partial charge in [0.1, 0.15) is 0 Å². The summed E-state index contributed by atoms with van der Waals surface area (Å²) in [6.45, 7) is 11.8. The van der Waals surface area contributed by atoms with Crippen LogP contribution in [0.4, 0.5) is 4.79 Å². The maximum absolute atomic E-state index is 11.7. The fourth-order valence-corrected chi connectivity index (χ4v) is 2.52. The zero-order chi connectivity index (χ0) is 13.2. The smallest absolute Gasteiger partial charge is 0.315 e. The van der Waals surface area contributed by atoms with Crippen molar-refractivity contribution in [3.05, 3.63) is 15.6 Å². The number of aryl methyl sites for hydroxylation is 2. The van der Waals surface area contributed by atoms with Crippen molar-refractivity contribution in [1.29, 1.82) is 0 Å². The molecule has 1 rings (SSSR count). The van der Waals surface area contributed by atoms with Crippen molar-refractivity contribution in [2.24, 2.45) is 0 Å². The first-order chi connectivity index (χ1) is 7.69. The second-order valence-corrected chi connectivity index (χ2v) is 6.49. The highest BCUT2D eigenvalue weighted by molar-refractivity contribution is 7.11. The highest BCUT2D eigenvalue weighted by atomic mass is 32.1. The van der Waals surface area contributed by atoms with Crippen LogP contribution in [0.15, 0.2) is 0 Å². The van der Waals surface area contributed by atoms with E-state index in [1.807, 2.05) is 41.5 Å². The summed E-state index contributed by atoms with van der Waals surface area (Å²) in [5.74, 6) is 0. The molecule has 0 aromatic carbocycles. The minimum Gasteiger partial charge on any atom is -0.334 e. The van der Waals surface area contributed by atoms with Gasteiger partial charge >= 0.3 is 6.03 Å². The molecule has 0 saturated heterocycles. The van der Waals surface area contributed by atoms with E-state index in [0.29, 0.717) is 0 Å². The van der Waals surface area contributed by atoms with E-state index >= 15 is 0 Å². The van der Waals surface area contributed by atoms with Crippen molar-refractivity contribution in [3.63, 3.8) is 0 Å². The lowest BCUT2D eigenvalue weighted by atomic mass is 10.1. The third-order valence-corrected chi connectivity index (χ3v) is 3.42. The molecule has 0 bridgehead atoms. The van der Waals surface area contributed by atoms with Gasteiger partial charge in [0.2, 0.25) is 0 Å². The number of thiazole rings is 1. The largest absolute Gasteiger partial charge is 0.334 e. The molecule has 0 fully saturated rings. The Bertz CT molecular complexity index is 406. The van der Waals surface area contributed by atoms with Crippen molar-refractivity contribution < 1.29 is 4.79 Å². The molecule has 4 nitrogen and oxygen atoms in total. The number of urea groups is 1. The Morgan fingerprint density at radius 2 is 1.94 bits per heavy atom. The number of carbonyl (C=O) groups is 1. The SMILES string of the molecule is Cc1nc(C)c(C(C)NC(=O)NC(C)(C)C)s1. The Kier molecular flexibility index (Phi) is 4.14. The predicted octanol–water partition coefficient (Wildman–Crippen LogP) is 2.92. The van der Waals surface area contributed by atoms with Crippen molar-refractivity contribution in [1.82, 2.24) is 15.6 Å². The minimum atomic E-state index is -0.220. The molecule has 0 aliphatic heterocycles. The highest BCUT2D eigenvalue weighted by Crippen LogP contribution is 2.24. The van der Waals surface area contributed by atoms with Crippen molar-refractivity contribution in [2.75, 3.05) is 0 Å². The number of hydrogen-bond donors (Lipinski definition) is 2. The fraction of sp³-hybridized carbons (Fsp3) is 0.667. The average Bonchev–Trinajstić information content (AvgIpc) is 2.41. The molecule has 1 atom stereocenters.